The third-order valence-corrected chi connectivity index (χ3v) is 4.20. The van der Waals surface area contributed by atoms with Gasteiger partial charge in [0.25, 0.3) is 0 Å². The first kappa shape index (κ1) is 20.6. The Kier molecular flexibility index (Phi) is 8.90. The van der Waals surface area contributed by atoms with Gasteiger partial charge in [-0.3, -0.25) is 9.59 Å². The molecule has 24 heavy (non-hydrogen) atoms. The molecule has 1 heterocycles. The molecule has 5 nitrogen and oxygen atoms in total. The Labute approximate surface area is 150 Å². The van der Waals surface area contributed by atoms with E-state index in [-0.39, 0.29) is 18.4 Å². The van der Waals surface area contributed by atoms with Crippen molar-refractivity contribution in [1.82, 2.24) is 14.4 Å². The Morgan fingerprint density at radius 1 is 1.21 bits per heavy atom. The summed E-state index contributed by atoms with van der Waals surface area (Å²) in [5.41, 5.74) is 1.08. The number of aryl methyl sites for hydroxylation is 1. The molecule has 1 rings (SSSR count). The summed E-state index contributed by atoms with van der Waals surface area (Å²) in [6, 6.07) is 3.99. The Balaban J connectivity index is 2.81. The van der Waals surface area contributed by atoms with Crippen LogP contribution in [0.1, 0.15) is 45.7 Å². The quantitative estimate of drug-likeness (QED) is 0.605. The smallest absolute Gasteiger partial charge is 0.242 e. The lowest BCUT2D eigenvalue weighted by atomic mass is 10.2. The van der Waals surface area contributed by atoms with Gasteiger partial charge < -0.3 is 14.4 Å². The molecule has 0 N–H and O–H groups in total. The molecule has 0 radical (unpaired) electrons. The average molecular weight is 356 g/mol. The summed E-state index contributed by atoms with van der Waals surface area (Å²) < 4.78 is 2.02. The van der Waals surface area contributed by atoms with E-state index in [0.29, 0.717) is 19.6 Å². The van der Waals surface area contributed by atoms with Crippen LogP contribution in [-0.4, -0.2) is 51.2 Å². The van der Waals surface area contributed by atoms with Crippen LogP contribution in [-0.2, 0) is 23.2 Å². The number of amides is 2. The second kappa shape index (κ2) is 10.4. The van der Waals surface area contributed by atoms with Crippen molar-refractivity contribution < 1.29 is 9.59 Å². The van der Waals surface area contributed by atoms with Gasteiger partial charge in [-0.1, -0.05) is 20.3 Å². The van der Waals surface area contributed by atoms with Crippen LogP contribution in [0.15, 0.2) is 18.3 Å². The van der Waals surface area contributed by atoms with Gasteiger partial charge in [-0.25, -0.2) is 0 Å². The van der Waals surface area contributed by atoms with E-state index in [9.17, 15) is 9.59 Å². The summed E-state index contributed by atoms with van der Waals surface area (Å²) in [6.07, 6.45) is 4.74. The fourth-order valence-corrected chi connectivity index (χ4v) is 2.69. The third kappa shape index (κ3) is 6.19. The average Bonchev–Trinajstić information content (AvgIpc) is 2.94. The maximum atomic E-state index is 12.8. The minimum absolute atomic E-state index is 0.0243. The Morgan fingerprint density at radius 3 is 2.42 bits per heavy atom. The normalized spacial score (nSPS) is 12.0. The van der Waals surface area contributed by atoms with Crippen LogP contribution in [0.3, 0.4) is 0 Å². The number of carbonyl (C=O) groups excluding carboxylic acids is 2. The van der Waals surface area contributed by atoms with E-state index >= 15 is 0 Å². The summed E-state index contributed by atoms with van der Waals surface area (Å²) in [5.74, 6) is -0.204. The minimum atomic E-state index is -0.610. The number of carbonyl (C=O) groups is 2. The highest BCUT2D eigenvalue weighted by molar-refractivity contribution is 6.30. The van der Waals surface area contributed by atoms with Crippen molar-refractivity contribution in [1.29, 1.82) is 0 Å². The molecule has 0 aliphatic heterocycles. The van der Waals surface area contributed by atoms with Crippen molar-refractivity contribution in [2.24, 2.45) is 7.05 Å². The Morgan fingerprint density at radius 2 is 1.92 bits per heavy atom. The zero-order chi connectivity index (χ0) is 18.1. The second-order valence-corrected chi connectivity index (χ2v) is 6.81. The molecule has 0 saturated heterocycles. The fourth-order valence-electron chi connectivity index (χ4n) is 2.55. The van der Waals surface area contributed by atoms with Crippen molar-refractivity contribution in [3.63, 3.8) is 0 Å². The lowest BCUT2D eigenvalue weighted by Gasteiger charge is -2.28. The van der Waals surface area contributed by atoms with Gasteiger partial charge in [-0.2, -0.15) is 0 Å². The highest BCUT2D eigenvalue weighted by Gasteiger charge is 2.23. The SMILES string of the molecule is CCCCN(Cc1cccn1C)C(=O)CN(CCC)C(=O)[C@H](C)Cl. The highest BCUT2D eigenvalue weighted by Crippen LogP contribution is 2.09. The van der Waals surface area contributed by atoms with Crippen LogP contribution < -0.4 is 0 Å². The molecule has 0 bridgehead atoms. The third-order valence-electron chi connectivity index (χ3n) is 4.01. The monoisotopic (exact) mass is 355 g/mol. The first-order valence-electron chi connectivity index (χ1n) is 8.71. The first-order chi connectivity index (χ1) is 11.4. The molecule has 0 aliphatic rings. The predicted octanol–water partition coefficient (Wildman–Crippen LogP) is 3.02. The van der Waals surface area contributed by atoms with Gasteiger partial charge >= 0.3 is 0 Å². The zero-order valence-electron chi connectivity index (χ0n) is 15.3. The van der Waals surface area contributed by atoms with Gasteiger partial charge in [0.05, 0.1) is 13.1 Å². The van der Waals surface area contributed by atoms with E-state index < -0.39 is 5.38 Å². The van der Waals surface area contributed by atoms with Crippen molar-refractivity contribution in [3.05, 3.63) is 24.0 Å². The number of hydrogen-bond donors (Lipinski definition) is 0. The molecular weight excluding hydrogens is 326 g/mol. The van der Waals surface area contributed by atoms with Crippen LogP contribution >= 0.6 is 11.6 Å². The molecule has 0 spiro atoms. The molecular formula is C18H30ClN3O2. The van der Waals surface area contributed by atoms with Crippen LogP contribution in [0.2, 0.25) is 0 Å². The summed E-state index contributed by atoms with van der Waals surface area (Å²) in [4.78, 5) is 28.4. The van der Waals surface area contributed by atoms with Gasteiger partial charge in [0.15, 0.2) is 0 Å². The lowest BCUT2D eigenvalue weighted by molar-refractivity contribution is -0.140. The van der Waals surface area contributed by atoms with Gasteiger partial charge in [-0.15, -0.1) is 11.6 Å². The molecule has 1 atom stereocenters. The van der Waals surface area contributed by atoms with Gasteiger partial charge in [0.2, 0.25) is 11.8 Å². The van der Waals surface area contributed by atoms with E-state index in [1.54, 1.807) is 11.8 Å². The van der Waals surface area contributed by atoms with E-state index in [1.165, 1.54) is 0 Å². The lowest BCUT2D eigenvalue weighted by Crippen LogP contribution is -2.45. The summed E-state index contributed by atoms with van der Waals surface area (Å²) in [6.45, 7) is 7.65. The van der Waals surface area contributed by atoms with Gasteiger partial charge in [0.1, 0.15) is 5.38 Å². The van der Waals surface area contributed by atoms with E-state index in [1.807, 2.05) is 41.8 Å². The van der Waals surface area contributed by atoms with Gasteiger partial charge in [0, 0.05) is 32.0 Å². The van der Waals surface area contributed by atoms with Crippen molar-refractivity contribution in [2.45, 2.75) is 52.0 Å². The summed E-state index contributed by atoms with van der Waals surface area (Å²) >= 11 is 5.92. The molecule has 0 unspecified atom stereocenters. The fraction of sp³-hybridized carbons (Fsp3) is 0.667. The number of unbranched alkanes of at least 4 members (excludes halogenated alkanes) is 1. The van der Waals surface area contributed by atoms with Crippen LogP contribution in [0.4, 0.5) is 0 Å². The maximum absolute atomic E-state index is 12.8. The van der Waals surface area contributed by atoms with Crippen LogP contribution in [0.25, 0.3) is 0 Å². The first-order valence-corrected chi connectivity index (χ1v) is 9.15. The summed E-state index contributed by atoms with van der Waals surface area (Å²) in [7, 11) is 1.97. The summed E-state index contributed by atoms with van der Waals surface area (Å²) in [5, 5.41) is -0.610. The van der Waals surface area contributed by atoms with Crippen molar-refractivity contribution >= 4 is 23.4 Å². The molecule has 1 aromatic heterocycles. The topological polar surface area (TPSA) is 45.6 Å². The van der Waals surface area contributed by atoms with E-state index in [0.717, 1.165) is 25.0 Å². The standard InChI is InChI=1S/C18H30ClN3O2/c1-5-7-12-21(13-16-9-8-11-20(16)4)17(23)14-22(10-6-2)18(24)15(3)19/h8-9,11,15H,5-7,10,12-14H2,1-4H3/t15-/m0/s1. The van der Waals surface area contributed by atoms with Crippen LogP contribution in [0, 0.1) is 0 Å². The number of aromatic nitrogens is 1. The second-order valence-electron chi connectivity index (χ2n) is 6.16. The number of rotatable bonds is 10. The van der Waals surface area contributed by atoms with Crippen molar-refractivity contribution in [3.8, 4) is 0 Å². The number of hydrogen-bond acceptors (Lipinski definition) is 2. The highest BCUT2D eigenvalue weighted by atomic mass is 35.5. The zero-order valence-corrected chi connectivity index (χ0v) is 16.1. The van der Waals surface area contributed by atoms with E-state index in [4.69, 9.17) is 11.6 Å². The predicted molar refractivity (Wildman–Crippen MR) is 97.9 cm³/mol. The molecule has 0 fully saturated rings. The molecule has 2 amide bonds. The number of nitrogens with zero attached hydrogens (tertiary/aromatic N) is 3. The van der Waals surface area contributed by atoms with Crippen molar-refractivity contribution in [2.75, 3.05) is 19.6 Å². The molecule has 6 heteroatoms. The Bertz CT molecular complexity index is 528. The van der Waals surface area contributed by atoms with E-state index in [2.05, 4.69) is 6.92 Å². The molecule has 1 aromatic rings. The Hall–Kier alpha value is -1.49. The van der Waals surface area contributed by atoms with Crippen LogP contribution in [0.5, 0.6) is 0 Å². The van der Waals surface area contributed by atoms with Gasteiger partial charge in [-0.05, 0) is 31.9 Å². The largest absolute Gasteiger partial charge is 0.353 e. The molecule has 0 aliphatic carbocycles. The molecule has 0 saturated carbocycles. The minimum Gasteiger partial charge on any atom is -0.353 e. The number of halogens is 1. The molecule has 0 aromatic carbocycles. The number of alkyl halides is 1. The molecule has 136 valence electrons. The maximum Gasteiger partial charge on any atom is 0.242 e.